The Kier molecular flexibility index (Phi) is 6.63. The van der Waals surface area contributed by atoms with E-state index >= 15 is 0 Å². The van der Waals surface area contributed by atoms with E-state index in [2.05, 4.69) is 43.6 Å². The molecular weight excluding hydrogens is 456 g/mol. The summed E-state index contributed by atoms with van der Waals surface area (Å²) >= 11 is 1.64. The summed E-state index contributed by atoms with van der Waals surface area (Å²) in [7, 11) is 0. The molecule has 0 N–H and O–H groups in total. The molecule has 2 aromatic rings. The second-order valence-electron chi connectivity index (χ2n) is 11.2. The molecular formula is C28H36N4O2S. The maximum absolute atomic E-state index is 13.2. The minimum absolute atomic E-state index is 0.0903. The summed E-state index contributed by atoms with van der Waals surface area (Å²) in [6.07, 6.45) is 4.75. The first-order valence-electron chi connectivity index (χ1n) is 12.9. The molecule has 1 aliphatic carbocycles. The van der Waals surface area contributed by atoms with Crippen LogP contribution < -0.4 is 4.90 Å². The molecule has 2 fully saturated rings. The van der Waals surface area contributed by atoms with Crippen LogP contribution in [-0.4, -0.2) is 47.1 Å². The lowest BCUT2D eigenvalue weighted by Gasteiger charge is -2.45. The average molecular weight is 493 g/mol. The topological polar surface area (TPSA) is 69.5 Å². The Balaban J connectivity index is 1.47. The van der Waals surface area contributed by atoms with Crippen LogP contribution in [0.5, 0.6) is 0 Å². The number of nitriles is 1. The lowest BCUT2D eigenvalue weighted by atomic mass is 9.78. The quantitative estimate of drug-likeness (QED) is 0.584. The summed E-state index contributed by atoms with van der Waals surface area (Å²) < 4.78 is 6.16. The summed E-state index contributed by atoms with van der Waals surface area (Å²) in [4.78, 5) is 23.9. The van der Waals surface area contributed by atoms with Crippen LogP contribution in [-0.2, 0) is 29.0 Å². The highest BCUT2D eigenvalue weighted by molar-refractivity contribution is 7.10. The van der Waals surface area contributed by atoms with Crippen LogP contribution in [0, 0.1) is 17.2 Å². The Morgan fingerprint density at radius 1 is 1.31 bits per heavy atom. The minimum atomic E-state index is -0.290. The van der Waals surface area contributed by atoms with Gasteiger partial charge in [0.1, 0.15) is 11.9 Å². The van der Waals surface area contributed by atoms with Crippen molar-refractivity contribution in [1.29, 1.82) is 5.26 Å². The number of ether oxygens (including phenoxy) is 1. The molecule has 186 valence electrons. The second kappa shape index (κ2) is 9.55. The summed E-state index contributed by atoms with van der Waals surface area (Å²) in [6, 6.07) is 6.66. The van der Waals surface area contributed by atoms with E-state index in [4.69, 9.17) is 9.72 Å². The van der Waals surface area contributed by atoms with Gasteiger partial charge in [0.15, 0.2) is 0 Å². The first-order chi connectivity index (χ1) is 16.8. The highest BCUT2D eigenvalue weighted by Gasteiger charge is 2.38. The van der Waals surface area contributed by atoms with Gasteiger partial charge < -0.3 is 14.5 Å². The van der Waals surface area contributed by atoms with E-state index in [0.717, 1.165) is 46.8 Å². The fraction of sp³-hybridized carbons (Fsp3) is 0.607. The number of pyridine rings is 1. The number of amides is 1. The molecule has 5 rings (SSSR count). The maximum atomic E-state index is 13.2. The summed E-state index contributed by atoms with van der Waals surface area (Å²) in [5.74, 6) is 1.79. The molecule has 0 unspecified atom stereocenters. The molecule has 2 aromatic heterocycles. The van der Waals surface area contributed by atoms with Crippen LogP contribution in [0.1, 0.15) is 80.1 Å². The van der Waals surface area contributed by atoms with Gasteiger partial charge in [0, 0.05) is 42.4 Å². The van der Waals surface area contributed by atoms with E-state index in [1.54, 1.807) is 11.3 Å². The van der Waals surface area contributed by atoms with Crippen LogP contribution in [0.25, 0.3) is 0 Å². The molecule has 1 atom stereocenters. The molecule has 0 aromatic carbocycles. The van der Waals surface area contributed by atoms with Crippen molar-refractivity contribution >= 4 is 23.1 Å². The van der Waals surface area contributed by atoms with Gasteiger partial charge in [-0.15, -0.1) is 11.3 Å². The molecule has 4 heterocycles. The summed E-state index contributed by atoms with van der Waals surface area (Å²) in [5.41, 5.74) is 3.85. The van der Waals surface area contributed by atoms with Gasteiger partial charge in [-0.2, -0.15) is 5.26 Å². The van der Waals surface area contributed by atoms with Gasteiger partial charge in [0.25, 0.3) is 0 Å². The van der Waals surface area contributed by atoms with E-state index in [9.17, 15) is 10.1 Å². The highest BCUT2D eigenvalue weighted by Crippen LogP contribution is 2.43. The third-order valence-corrected chi connectivity index (χ3v) is 8.83. The van der Waals surface area contributed by atoms with Crippen LogP contribution in [0.15, 0.2) is 17.5 Å². The van der Waals surface area contributed by atoms with Gasteiger partial charge in [-0.3, -0.25) is 4.79 Å². The van der Waals surface area contributed by atoms with Crippen LogP contribution in [0.3, 0.4) is 0 Å². The molecule has 1 saturated carbocycles. The predicted octanol–water partition coefficient (Wildman–Crippen LogP) is 5.05. The standard InChI is InChI=1S/C28H36N4O2S/c1-18(2)24-16-31(10-11-32(24)25(33)13-20-9-6-12-35-20)27-22(15-29)21-14-28(3,4)34-17-23(21)26(30-27)19-7-5-8-19/h6,9,12,18-19,24H,5,7-8,10-11,13-14,16-17H2,1-4H3/t24-/m0/s1. The number of piperazine rings is 1. The van der Waals surface area contributed by atoms with Crippen LogP contribution >= 0.6 is 11.3 Å². The van der Waals surface area contributed by atoms with Crippen LogP contribution in [0.2, 0.25) is 0 Å². The average Bonchev–Trinajstić information content (AvgIpc) is 3.29. The van der Waals surface area contributed by atoms with Gasteiger partial charge in [-0.05, 0) is 49.6 Å². The first kappa shape index (κ1) is 24.3. The number of rotatable bonds is 5. The van der Waals surface area contributed by atoms with Gasteiger partial charge in [0.2, 0.25) is 5.91 Å². The highest BCUT2D eigenvalue weighted by atomic mass is 32.1. The van der Waals surface area contributed by atoms with Gasteiger partial charge in [-0.25, -0.2) is 4.98 Å². The zero-order valence-electron chi connectivity index (χ0n) is 21.3. The van der Waals surface area contributed by atoms with Gasteiger partial charge >= 0.3 is 0 Å². The Labute approximate surface area is 212 Å². The van der Waals surface area contributed by atoms with Crippen molar-refractivity contribution < 1.29 is 9.53 Å². The zero-order valence-corrected chi connectivity index (χ0v) is 22.2. The Morgan fingerprint density at radius 2 is 2.11 bits per heavy atom. The number of anilines is 1. The second-order valence-corrected chi connectivity index (χ2v) is 12.3. The number of thiophene rings is 1. The number of fused-ring (bicyclic) bond motifs is 1. The Bertz CT molecular complexity index is 1130. The normalized spacial score (nSPS) is 22.0. The van der Waals surface area contributed by atoms with Gasteiger partial charge in [-0.1, -0.05) is 26.3 Å². The number of hydrogen-bond donors (Lipinski definition) is 0. The lowest BCUT2D eigenvalue weighted by molar-refractivity contribution is -0.134. The fourth-order valence-corrected chi connectivity index (χ4v) is 6.39. The molecule has 0 spiro atoms. The predicted molar refractivity (Wildman–Crippen MR) is 139 cm³/mol. The summed E-state index contributed by atoms with van der Waals surface area (Å²) in [6.45, 7) is 11.2. The molecule has 1 saturated heterocycles. The van der Waals surface area contributed by atoms with Crippen molar-refractivity contribution in [3.63, 3.8) is 0 Å². The molecule has 35 heavy (non-hydrogen) atoms. The zero-order chi connectivity index (χ0) is 24.7. The molecule has 0 bridgehead atoms. The molecule has 0 radical (unpaired) electrons. The molecule has 2 aliphatic heterocycles. The molecule has 1 amide bonds. The third kappa shape index (κ3) is 4.71. The summed E-state index contributed by atoms with van der Waals surface area (Å²) in [5, 5.41) is 12.3. The van der Waals surface area contributed by atoms with E-state index in [1.807, 2.05) is 17.5 Å². The van der Waals surface area contributed by atoms with E-state index in [-0.39, 0.29) is 17.6 Å². The van der Waals surface area contributed by atoms with E-state index in [1.165, 1.54) is 6.42 Å². The van der Waals surface area contributed by atoms with Crippen molar-refractivity contribution in [2.75, 3.05) is 24.5 Å². The van der Waals surface area contributed by atoms with E-state index < -0.39 is 0 Å². The lowest BCUT2D eigenvalue weighted by Crippen LogP contribution is -2.58. The van der Waals surface area contributed by atoms with Crippen molar-refractivity contribution in [3.8, 4) is 6.07 Å². The maximum Gasteiger partial charge on any atom is 0.228 e. The van der Waals surface area contributed by atoms with Crippen molar-refractivity contribution in [3.05, 3.63) is 44.8 Å². The van der Waals surface area contributed by atoms with E-state index in [0.29, 0.717) is 50.1 Å². The van der Waals surface area contributed by atoms with Crippen LogP contribution in [0.4, 0.5) is 5.82 Å². The van der Waals surface area contributed by atoms with Gasteiger partial charge in [0.05, 0.1) is 35.9 Å². The SMILES string of the molecule is CC(C)[C@@H]1CN(c2nc(C3CCC3)c3c(c2C#N)CC(C)(C)OC3)CCN1C(=O)Cc1cccs1. The molecule has 7 heteroatoms. The number of carbonyl (C=O) groups excluding carboxylic acids is 1. The number of carbonyl (C=O) groups is 1. The van der Waals surface area contributed by atoms with Crippen molar-refractivity contribution in [2.24, 2.45) is 5.92 Å². The largest absolute Gasteiger partial charge is 0.370 e. The first-order valence-corrected chi connectivity index (χ1v) is 13.8. The monoisotopic (exact) mass is 492 g/mol. The number of hydrogen-bond acceptors (Lipinski definition) is 6. The third-order valence-electron chi connectivity index (χ3n) is 7.95. The molecule has 3 aliphatic rings. The van der Waals surface area contributed by atoms with Crippen molar-refractivity contribution in [2.45, 2.75) is 84.0 Å². The molecule has 6 nitrogen and oxygen atoms in total. The number of nitrogens with zero attached hydrogens (tertiary/aromatic N) is 4. The smallest absolute Gasteiger partial charge is 0.228 e. The number of aromatic nitrogens is 1. The Morgan fingerprint density at radius 3 is 2.74 bits per heavy atom. The van der Waals surface area contributed by atoms with Crippen molar-refractivity contribution in [1.82, 2.24) is 9.88 Å². The minimum Gasteiger partial charge on any atom is -0.370 e. The Hall–Kier alpha value is -2.43. The fourth-order valence-electron chi connectivity index (χ4n) is 5.69.